The lowest BCUT2D eigenvalue weighted by Gasteiger charge is -2.30. The molecule has 0 fully saturated rings. The van der Waals surface area contributed by atoms with Crippen LogP contribution in [0.2, 0.25) is 0 Å². The number of rotatable bonds is 3. The first-order valence-corrected chi connectivity index (χ1v) is 10.8. The van der Waals surface area contributed by atoms with Crippen molar-refractivity contribution in [2.24, 2.45) is 0 Å². The van der Waals surface area contributed by atoms with Gasteiger partial charge in [-0.2, -0.15) is 0 Å². The Morgan fingerprint density at radius 3 is 3.04 bits per heavy atom. The van der Waals surface area contributed by atoms with Crippen molar-refractivity contribution in [3.8, 4) is 0 Å². The molecule has 1 N–H and O–H groups in total. The molecule has 6 heteroatoms. The average molecular weight is 393 g/mol. The van der Waals surface area contributed by atoms with Crippen molar-refractivity contribution >= 4 is 60.1 Å². The monoisotopic (exact) mass is 392 g/mol. The normalized spacial score (nSPS) is 18.1. The summed E-state index contributed by atoms with van der Waals surface area (Å²) in [6.07, 6.45) is 5.38. The van der Waals surface area contributed by atoms with Gasteiger partial charge in [-0.3, -0.25) is 4.90 Å². The zero-order valence-electron chi connectivity index (χ0n) is 15.3. The Morgan fingerprint density at radius 2 is 2.11 bits per heavy atom. The molecule has 1 atom stereocenters. The Balaban J connectivity index is 1.53. The minimum atomic E-state index is 0.440. The van der Waals surface area contributed by atoms with E-state index >= 15 is 0 Å². The third kappa shape index (κ3) is 3.04. The van der Waals surface area contributed by atoms with Gasteiger partial charge in [0.25, 0.3) is 0 Å². The van der Waals surface area contributed by atoms with Crippen LogP contribution in [0.5, 0.6) is 0 Å². The van der Waals surface area contributed by atoms with Crippen molar-refractivity contribution in [1.82, 2.24) is 14.9 Å². The van der Waals surface area contributed by atoms with E-state index in [2.05, 4.69) is 70.6 Å². The van der Waals surface area contributed by atoms with Gasteiger partial charge in [0.1, 0.15) is 4.83 Å². The molecule has 0 aliphatic carbocycles. The van der Waals surface area contributed by atoms with Crippen molar-refractivity contribution in [2.45, 2.75) is 19.4 Å². The summed E-state index contributed by atoms with van der Waals surface area (Å²) in [7, 11) is 2.20. The van der Waals surface area contributed by atoms with Gasteiger partial charge < -0.3 is 5.32 Å². The third-order valence-electron chi connectivity index (χ3n) is 5.29. The highest BCUT2D eigenvalue weighted by Gasteiger charge is 2.21. The molecule has 136 valence electrons. The van der Waals surface area contributed by atoms with Gasteiger partial charge in [-0.25, -0.2) is 9.97 Å². The second kappa shape index (κ2) is 6.71. The summed E-state index contributed by atoms with van der Waals surface area (Å²) < 4.78 is 1.21. The lowest BCUT2D eigenvalue weighted by Crippen LogP contribution is -2.33. The summed E-state index contributed by atoms with van der Waals surface area (Å²) in [5.74, 6) is 0. The molecule has 0 bridgehead atoms. The minimum absolute atomic E-state index is 0.440. The molecular formula is C21H20N4S2. The van der Waals surface area contributed by atoms with Gasteiger partial charge in [-0.15, -0.1) is 22.7 Å². The van der Waals surface area contributed by atoms with Crippen molar-refractivity contribution in [1.29, 1.82) is 0 Å². The van der Waals surface area contributed by atoms with E-state index in [-0.39, 0.29) is 0 Å². The number of likely N-dealkylation sites (N-methyl/N-ethyl adjacent to an activating group) is 1. The van der Waals surface area contributed by atoms with E-state index < -0.39 is 0 Å². The number of nitrogens with one attached hydrogen (secondary N) is 1. The van der Waals surface area contributed by atoms with E-state index in [1.807, 2.05) is 11.7 Å². The average Bonchev–Trinajstić information content (AvgIpc) is 3.30. The second-order valence-electron chi connectivity index (χ2n) is 6.95. The molecule has 0 saturated carbocycles. The fourth-order valence-corrected chi connectivity index (χ4v) is 5.42. The van der Waals surface area contributed by atoms with E-state index in [4.69, 9.17) is 0 Å². The standard InChI is InChI=1S/C21H20N4S2/c1-13-15(4-3-9-25(13)2)20-11-16-17(7-8-22-21(16)27-20)24-14-5-6-19-18(10-14)23-12-26-19/h4-8,10-13H,3,9H2,1-2H3,(H,22,24)/t13-/m0/s1. The summed E-state index contributed by atoms with van der Waals surface area (Å²) in [4.78, 5) is 13.8. The molecule has 0 amide bonds. The van der Waals surface area contributed by atoms with Crippen LogP contribution in [-0.2, 0) is 0 Å². The molecule has 3 aromatic heterocycles. The predicted molar refractivity (Wildman–Crippen MR) is 117 cm³/mol. The third-order valence-corrected chi connectivity index (χ3v) is 7.19. The Morgan fingerprint density at radius 1 is 1.19 bits per heavy atom. The van der Waals surface area contributed by atoms with Gasteiger partial charge in [-0.05, 0) is 56.3 Å². The maximum atomic E-state index is 4.61. The van der Waals surface area contributed by atoms with Crippen LogP contribution in [-0.4, -0.2) is 34.5 Å². The number of benzene rings is 1. The van der Waals surface area contributed by atoms with Crippen LogP contribution in [0.25, 0.3) is 26.0 Å². The summed E-state index contributed by atoms with van der Waals surface area (Å²) in [6.45, 7) is 3.41. The number of nitrogens with zero attached hydrogens (tertiary/aromatic N) is 3. The molecular weight excluding hydrogens is 372 g/mol. The van der Waals surface area contributed by atoms with Gasteiger partial charge in [-0.1, -0.05) is 6.08 Å². The highest BCUT2D eigenvalue weighted by Crippen LogP contribution is 2.37. The Bertz CT molecular complexity index is 1160. The first-order valence-electron chi connectivity index (χ1n) is 9.08. The molecule has 27 heavy (non-hydrogen) atoms. The fraction of sp³-hybridized carbons (Fsp3) is 0.238. The highest BCUT2D eigenvalue weighted by molar-refractivity contribution is 7.19. The van der Waals surface area contributed by atoms with E-state index in [1.54, 1.807) is 22.7 Å². The zero-order valence-corrected chi connectivity index (χ0v) is 16.9. The van der Waals surface area contributed by atoms with Crippen LogP contribution in [0.3, 0.4) is 0 Å². The van der Waals surface area contributed by atoms with Gasteiger partial charge >= 0.3 is 0 Å². The molecule has 0 saturated heterocycles. The van der Waals surface area contributed by atoms with Crippen LogP contribution in [0.1, 0.15) is 18.2 Å². The van der Waals surface area contributed by atoms with E-state index in [0.29, 0.717) is 6.04 Å². The molecule has 4 nitrogen and oxygen atoms in total. The molecule has 0 unspecified atom stereocenters. The molecule has 1 aliphatic rings. The molecule has 0 spiro atoms. The number of thiazole rings is 1. The van der Waals surface area contributed by atoms with Crippen molar-refractivity contribution in [3.63, 3.8) is 0 Å². The minimum Gasteiger partial charge on any atom is -0.355 e. The van der Waals surface area contributed by atoms with Gasteiger partial charge in [0.2, 0.25) is 0 Å². The Kier molecular flexibility index (Phi) is 4.19. The van der Waals surface area contributed by atoms with Crippen LogP contribution in [0.15, 0.2) is 48.1 Å². The summed E-state index contributed by atoms with van der Waals surface area (Å²) in [5, 5.41) is 4.74. The second-order valence-corrected chi connectivity index (χ2v) is 8.87. The molecule has 1 aliphatic heterocycles. The predicted octanol–water partition coefficient (Wildman–Crippen LogP) is 5.76. The summed E-state index contributed by atoms with van der Waals surface area (Å²) >= 11 is 3.45. The van der Waals surface area contributed by atoms with Crippen LogP contribution in [0, 0.1) is 0 Å². The van der Waals surface area contributed by atoms with Crippen LogP contribution >= 0.6 is 22.7 Å². The van der Waals surface area contributed by atoms with Gasteiger partial charge in [0.15, 0.2) is 0 Å². The van der Waals surface area contributed by atoms with Crippen LogP contribution < -0.4 is 5.32 Å². The number of thiophene rings is 1. The summed E-state index contributed by atoms with van der Waals surface area (Å²) in [5.41, 5.74) is 6.49. The number of anilines is 2. The smallest absolute Gasteiger partial charge is 0.125 e. The van der Waals surface area contributed by atoms with Crippen LogP contribution in [0.4, 0.5) is 11.4 Å². The topological polar surface area (TPSA) is 41.1 Å². The van der Waals surface area contributed by atoms with Gasteiger partial charge in [0, 0.05) is 34.7 Å². The number of fused-ring (bicyclic) bond motifs is 2. The highest BCUT2D eigenvalue weighted by atomic mass is 32.1. The largest absolute Gasteiger partial charge is 0.355 e. The molecule has 1 aromatic carbocycles. The number of aromatic nitrogens is 2. The molecule has 4 aromatic rings. The van der Waals surface area contributed by atoms with Crippen molar-refractivity contribution in [2.75, 3.05) is 18.9 Å². The van der Waals surface area contributed by atoms with Crippen molar-refractivity contribution < 1.29 is 0 Å². The first kappa shape index (κ1) is 16.9. The lowest BCUT2D eigenvalue weighted by molar-refractivity contribution is 0.300. The van der Waals surface area contributed by atoms with E-state index in [0.717, 1.165) is 34.7 Å². The maximum absolute atomic E-state index is 4.61. The summed E-state index contributed by atoms with van der Waals surface area (Å²) in [6, 6.07) is 11.1. The quantitative estimate of drug-likeness (QED) is 0.481. The van der Waals surface area contributed by atoms with Gasteiger partial charge in [0.05, 0.1) is 21.4 Å². The number of hydrogen-bond donors (Lipinski definition) is 1. The molecule has 4 heterocycles. The number of hydrogen-bond acceptors (Lipinski definition) is 6. The molecule has 0 radical (unpaired) electrons. The van der Waals surface area contributed by atoms with E-state index in [1.165, 1.54) is 20.5 Å². The first-order chi connectivity index (χ1) is 13.2. The zero-order chi connectivity index (χ0) is 18.4. The lowest BCUT2D eigenvalue weighted by atomic mass is 10.00. The fourth-order valence-electron chi connectivity index (χ4n) is 3.61. The van der Waals surface area contributed by atoms with Crippen molar-refractivity contribution in [3.05, 3.63) is 53.0 Å². The Labute approximate surface area is 166 Å². The van der Waals surface area contributed by atoms with E-state index in [9.17, 15) is 0 Å². The SMILES string of the molecule is C[C@H]1C(c2cc3c(Nc4ccc5scnc5c4)ccnc3s2)=CCCN1C. The Hall–Kier alpha value is -2.28. The molecule has 5 rings (SSSR count). The number of pyridine rings is 1. The maximum Gasteiger partial charge on any atom is 0.125 e.